The van der Waals surface area contributed by atoms with Crippen LogP contribution in [0, 0.1) is 23.0 Å². The maximum absolute atomic E-state index is 17.1. The van der Waals surface area contributed by atoms with Crippen LogP contribution >= 0.6 is 34.8 Å². The Labute approximate surface area is 268 Å². The van der Waals surface area contributed by atoms with Gasteiger partial charge in [-0.3, -0.25) is 14.5 Å². The van der Waals surface area contributed by atoms with Crippen LogP contribution in [0.5, 0.6) is 0 Å². The molecule has 232 valence electrons. The van der Waals surface area contributed by atoms with E-state index in [2.05, 4.69) is 17.5 Å². The van der Waals surface area contributed by atoms with Gasteiger partial charge in [0, 0.05) is 54.8 Å². The number of carbonyl (C=O) groups excluding carboxylic acids is 1. The van der Waals surface area contributed by atoms with E-state index in [4.69, 9.17) is 40.5 Å². The van der Waals surface area contributed by atoms with Gasteiger partial charge >= 0.3 is 0 Å². The number of nitrogen functional groups attached to an aromatic ring is 1. The number of benzene rings is 2. The number of nitrogens with two attached hydrogens (primary N) is 1. The first-order chi connectivity index (χ1) is 20.9. The van der Waals surface area contributed by atoms with Gasteiger partial charge in [0.25, 0.3) is 5.56 Å². The molecule has 3 aromatic rings. The molecule has 13 heteroatoms. The summed E-state index contributed by atoms with van der Waals surface area (Å²) in [7, 11) is 0. The summed E-state index contributed by atoms with van der Waals surface area (Å²) in [5.74, 6) is -2.25. The molecule has 0 unspecified atom stereocenters. The Balaban J connectivity index is 1.83. The van der Waals surface area contributed by atoms with Crippen LogP contribution in [-0.2, 0) is 11.3 Å². The van der Waals surface area contributed by atoms with Crippen molar-refractivity contribution in [3.63, 3.8) is 0 Å². The van der Waals surface area contributed by atoms with Crippen LogP contribution in [0.25, 0.3) is 22.0 Å². The lowest BCUT2D eigenvalue weighted by Gasteiger charge is -2.41. The zero-order valence-electron chi connectivity index (χ0n) is 24.3. The normalized spacial score (nSPS) is 19.0. The number of amides is 1. The second-order valence-electron chi connectivity index (χ2n) is 11.1. The predicted molar refractivity (Wildman–Crippen MR) is 172 cm³/mol. The minimum atomic E-state index is -1.01. The van der Waals surface area contributed by atoms with Crippen LogP contribution in [-0.4, -0.2) is 65.1 Å². The zero-order valence-corrected chi connectivity index (χ0v) is 26.5. The third kappa shape index (κ3) is 5.30. The van der Waals surface area contributed by atoms with E-state index in [0.717, 1.165) is 32.0 Å². The summed E-state index contributed by atoms with van der Waals surface area (Å²) in [5.41, 5.74) is 4.27. The van der Waals surface area contributed by atoms with Gasteiger partial charge in [-0.2, -0.15) is 5.26 Å². The van der Waals surface area contributed by atoms with Gasteiger partial charge in [-0.25, -0.2) is 8.78 Å². The van der Waals surface area contributed by atoms with Crippen molar-refractivity contribution < 1.29 is 13.6 Å². The second-order valence-corrected chi connectivity index (χ2v) is 12.3. The number of pyridine rings is 1. The van der Waals surface area contributed by atoms with Crippen molar-refractivity contribution in [2.24, 2.45) is 0 Å². The van der Waals surface area contributed by atoms with Crippen LogP contribution in [0.4, 0.5) is 20.2 Å². The molecular formula is C31H31Cl3F2N6O2. The molecule has 44 heavy (non-hydrogen) atoms. The molecule has 2 aliphatic rings. The number of nitriles is 1. The highest BCUT2D eigenvalue weighted by Crippen LogP contribution is 2.45. The number of piperazine rings is 1. The monoisotopic (exact) mass is 662 g/mol. The van der Waals surface area contributed by atoms with E-state index in [1.54, 1.807) is 9.80 Å². The van der Waals surface area contributed by atoms with Gasteiger partial charge in [0.1, 0.15) is 11.6 Å². The number of anilines is 2. The Morgan fingerprint density at radius 2 is 1.86 bits per heavy atom. The van der Waals surface area contributed by atoms with E-state index >= 15 is 8.78 Å². The highest BCUT2D eigenvalue weighted by atomic mass is 35.5. The number of likely N-dealkylation sites (tertiary alicyclic amines) is 1. The number of rotatable bonds is 6. The van der Waals surface area contributed by atoms with Crippen molar-refractivity contribution in [3.05, 3.63) is 67.4 Å². The van der Waals surface area contributed by atoms with Crippen LogP contribution < -0.4 is 16.2 Å². The molecule has 0 saturated carbocycles. The molecule has 2 saturated heterocycles. The van der Waals surface area contributed by atoms with E-state index in [-0.39, 0.29) is 87.1 Å². The lowest BCUT2D eigenvalue weighted by Crippen LogP contribution is -2.54. The van der Waals surface area contributed by atoms with Crippen molar-refractivity contribution in [3.8, 4) is 17.2 Å². The van der Waals surface area contributed by atoms with Crippen LogP contribution in [0.2, 0.25) is 15.1 Å². The van der Waals surface area contributed by atoms with E-state index in [9.17, 15) is 14.9 Å². The average Bonchev–Trinajstić information content (AvgIpc) is 3.45. The number of nitrogens with zero attached hydrogens (tertiary/aromatic N) is 5. The van der Waals surface area contributed by atoms with Gasteiger partial charge in [0.05, 0.1) is 32.0 Å². The first-order valence-electron chi connectivity index (χ1n) is 14.3. The standard InChI is InChI=1S/C31H31Cl3F2N6O2/c1-4-23(43)41-10-9-40(14-16(41)3)29-18-11-20(32)24(25-26(35)21(33)12-22(34)28(25)38)27(36)30(18)42(31(44)19(29)13-37)15-17-7-6-8-39(17)5-2/h4,11-12,16-17H,1,5-10,14-15,38H2,2-3H3/t16-,17+/m1/s1. The minimum Gasteiger partial charge on any atom is -0.397 e. The third-order valence-corrected chi connectivity index (χ3v) is 9.57. The van der Waals surface area contributed by atoms with E-state index < -0.39 is 28.3 Å². The number of hydrogen-bond acceptors (Lipinski definition) is 6. The van der Waals surface area contributed by atoms with Gasteiger partial charge in [0.2, 0.25) is 5.91 Å². The lowest BCUT2D eigenvalue weighted by atomic mass is 9.97. The average molecular weight is 664 g/mol. The fourth-order valence-corrected chi connectivity index (χ4v) is 7.30. The topological polar surface area (TPSA) is 98.6 Å². The van der Waals surface area contributed by atoms with Gasteiger partial charge < -0.3 is 20.1 Å². The summed E-state index contributed by atoms with van der Waals surface area (Å²) in [5, 5.41) is 9.85. The Morgan fingerprint density at radius 1 is 1.14 bits per heavy atom. The first kappa shape index (κ1) is 32.0. The molecule has 2 aromatic carbocycles. The molecule has 2 aliphatic heterocycles. The van der Waals surface area contributed by atoms with Gasteiger partial charge in [-0.1, -0.05) is 48.3 Å². The van der Waals surface area contributed by atoms with Crippen molar-refractivity contribution in [2.45, 2.75) is 45.3 Å². The Hall–Kier alpha value is -3.36. The van der Waals surface area contributed by atoms with E-state index in [0.29, 0.717) is 0 Å². The number of hydrogen-bond donors (Lipinski definition) is 1. The molecule has 1 amide bonds. The molecule has 1 aromatic heterocycles. The Kier molecular flexibility index (Phi) is 9.15. The maximum atomic E-state index is 17.1. The third-order valence-electron chi connectivity index (χ3n) is 8.68. The molecule has 0 spiro atoms. The van der Waals surface area contributed by atoms with Crippen LogP contribution in [0.1, 0.15) is 32.3 Å². The quantitative estimate of drug-likeness (QED) is 0.195. The predicted octanol–water partition coefficient (Wildman–Crippen LogP) is 6.07. The molecule has 0 aliphatic carbocycles. The summed E-state index contributed by atoms with van der Waals surface area (Å²) >= 11 is 19.0. The van der Waals surface area contributed by atoms with Crippen molar-refractivity contribution in [1.29, 1.82) is 5.26 Å². The largest absolute Gasteiger partial charge is 0.397 e. The number of halogens is 5. The van der Waals surface area contributed by atoms with E-state index in [1.807, 2.05) is 13.8 Å². The van der Waals surface area contributed by atoms with Crippen LogP contribution in [0.15, 0.2) is 29.6 Å². The van der Waals surface area contributed by atoms with Gasteiger partial charge in [-0.15, -0.1) is 0 Å². The van der Waals surface area contributed by atoms with Crippen molar-refractivity contribution in [2.75, 3.05) is 43.4 Å². The Bertz CT molecular complexity index is 1760. The molecule has 2 atom stereocenters. The first-order valence-corrected chi connectivity index (χ1v) is 15.4. The van der Waals surface area contributed by atoms with Gasteiger partial charge in [-0.05, 0) is 51.1 Å². The Morgan fingerprint density at radius 3 is 2.50 bits per heavy atom. The highest BCUT2D eigenvalue weighted by molar-refractivity contribution is 6.38. The number of fused-ring (bicyclic) bond motifs is 1. The summed E-state index contributed by atoms with van der Waals surface area (Å²) in [4.78, 5) is 32.2. The summed E-state index contributed by atoms with van der Waals surface area (Å²) in [6.07, 6.45) is 2.91. The molecule has 2 N–H and O–H groups in total. The molecule has 2 fully saturated rings. The van der Waals surface area contributed by atoms with Crippen molar-refractivity contribution >= 4 is 63.0 Å². The van der Waals surface area contributed by atoms with Crippen LogP contribution in [0.3, 0.4) is 0 Å². The highest BCUT2D eigenvalue weighted by Gasteiger charge is 2.34. The fourth-order valence-electron chi connectivity index (χ4n) is 6.55. The second kappa shape index (κ2) is 12.6. The summed E-state index contributed by atoms with van der Waals surface area (Å²) < 4.78 is 33.8. The summed E-state index contributed by atoms with van der Waals surface area (Å²) in [6, 6.07) is 4.20. The number of likely N-dealkylation sites (N-methyl/N-ethyl adjacent to an activating group) is 1. The molecule has 3 heterocycles. The number of aromatic nitrogens is 1. The maximum Gasteiger partial charge on any atom is 0.271 e. The molecule has 0 bridgehead atoms. The number of carbonyl (C=O) groups is 1. The van der Waals surface area contributed by atoms with Gasteiger partial charge in [0.15, 0.2) is 11.6 Å². The molecule has 8 nitrogen and oxygen atoms in total. The molecule has 5 rings (SSSR count). The smallest absolute Gasteiger partial charge is 0.271 e. The van der Waals surface area contributed by atoms with Crippen molar-refractivity contribution in [1.82, 2.24) is 14.4 Å². The fraction of sp³-hybridized carbons (Fsp3) is 0.387. The minimum absolute atomic E-state index is 0.0901. The molecular weight excluding hydrogens is 633 g/mol. The van der Waals surface area contributed by atoms with E-state index in [1.165, 1.54) is 16.7 Å². The molecule has 0 radical (unpaired) electrons. The SMILES string of the molecule is C=CC(=O)N1CCN(c2c(C#N)c(=O)n(C[C@@H]3CCCN3CC)c3c(F)c(-c4c(N)c(Cl)cc(Cl)c4F)c(Cl)cc23)C[C@H]1C. The lowest BCUT2D eigenvalue weighted by molar-refractivity contribution is -0.128. The summed E-state index contributed by atoms with van der Waals surface area (Å²) in [6.45, 7) is 9.86. The zero-order chi connectivity index (χ0) is 32.0.